The van der Waals surface area contributed by atoms with E-state index in [0.29, 0.717) is 0 Å². The van der Waals surface area contributed by atoms with Gasteiger partial charge in [-0.2, -0.15) is 5.06 Å². The Hall–Kier alpha value is -0.760. The van der Waals surface area contributed by atoms with Crippen molar-refractivity contribution >= 4 is 0 Å². The Morgan fingerprint density at radius 3 is 2.79 bits per heavy atom. The molecule has 0 radical (unpaired) electrons. The maximum Gasteiger partial charge on any atom is 0.107 e. The first-order valence-corrected chi connectivity index (χ1v) is 5.43. The first-order valence-electron chi connectivity index (χ1n) is 5.43. The highest BCUT2D eigenvalue weighted by Gasteiger charge is 2.34. The van der Waals surface area contributed by atoms with Crippen LogP contribution in [0.3, 0.4) is 0 Å². The molecule has 0 aromatic rings. The molecule has 0 heterocycles. The van der Waals surface area contributed by atoms with Crippen molar-refractivity contribution < 1.29 is 4.84 Å². The summed E-state index contributed by atoms with van der Waals surface area (Å²) < 4.78 is 0. The minimum absolute atomic E-state index is 0.851. The van der Waals surface area contributed by atoms with Crippen molar-refractivity contribution in [3.63, 3.8) is 0 Å². The normalized spacial score (nSPS) is 34.9. The Bertz CT molecular complexity index is 245. The van der Waals surface area contributed by atoms with Gasteiger partial charge in [-0.25, -0.2) is 0 Å². The van der Waals surface area contributed by atoms with Crippen LogP contribution in [0.4, 0.5) is 0 Å². The maximum absolute atomic E-state index is 5.22. The molecule has 2 nitrogen and oxygen atoms in total. The number of fused-ring (bicyclic) bond motifs is 2. The van der Waals surface area contributed by atoms with Crippen molar-refractivity contribution in [2.75, 3.05) is 14.1 Å². The predicted octanol–water partition coefficient (Wildman–Crippen LogP) is 2.60. The van der Waals surface area contributed by atoms with Gasteiger partial charge in [0.05, 0.1) is 0 Å². The minimum Gasteiger partial charge on any atom is -0.415 e. The predicted molar refractivity (Wildman–Crippen MR) is 57.4 cm³/mol. The van der Waals surface area contributed by atoms with Crippen LogP contribution in [0.2, 0.25) is 0 Å². The summed E-state index contributed by atoms with van der Waals surface area (Å²) >= 11 is 0. The molecule has 1 fully saturated rings. The van der Waals surface area contributed by atoms with E-state index in [1.807, 2.05) is 14.1 Å². The Balaban J connectivity index is 1.72. The lowest BCUT2D eigenvalue weighted by Gasteiger charge is -2.15. The molecule has 0 aliphatic heterocycles. The molecule has 3 unspecified atom stereocenters. The van der Waals surface area contributed by atoms with Crippen LogP contribution < -0.4 is 0 Å². The SMILES string of the molecule is CN(C)O/C=C/CC1CC2C=CC1C2. The molecule has 1 saturated carbocycles. The van der Waals surface area contributed by atoms with Crippen molar-refractivity contribution in [1.29, 1.82) is 0 Å². The van der Waals surface area contributed by atoms with Gasteiger partial charge in [0.2, 0.25) is 0 Å². The molecule has 2 aliphatic carbocycles. The van der Waals surface area contributed by atoms with E-state index >= 15 is 0 Å². The van der Waals surface area contributed by atoms with Crippen LogP contribution in [-0.4, -0.2) is 19.2 Å². The highest BCUT2D eigenvalue weighted by molar-refractivity contribution is 5.10. The third-order valence-corrected chi connectivity index (χ3v) is 3.22. The highest BCUT2D eigenvalue weighted by atomic mass is 16.7. The fourth-order valence-corrected chi connectivity index (χ4v) is 2.56. The van der Waals surface area contributed by atoms with Crippen LogP contribution in [0, 0.1) is 17.8 Å². The standard InChI is InChI=1S/C12H19NO/c1-13(2)14-7-3-4-11-8-10-5-6-12(11)9-10/h3,5-7,10-12H,4,8-9H2,1-2H3/b7-3+. The van der Waals surface area contributed by atoms with Gasteiger partial charge in [-0.3, -0.25) is 0 Å². The lowest BCUT2D eigenvalue weighted by atomic mass is 9.91. The third-order valence-electron chi connectivity index (χ3n) is 3.22. The molecule has 0 aromatic carbocycles. The van der Waals surface area contributed by atoms with Crippen LogP contribution >= 0.6 is 0 Å². The lowest BCUT2D eigenvalue weighted by Crippen LogP contribution is -2.08. The molecule has 0 spiro atoms. The number of rotatable bonds is 4. The van der Waals surface area contributed by atoms with Crippen molar-refractivity contribution in [3.8, 4) is 0 Å². The molecular weight excluding hydrogens is 174 g/mol. The molecule has 14 heavy (non-hydrogen) atoms. The largest absolute Gasteiger partial charge is 0.415 e. The number of allylic oxidation sites excluding steroid dienone is 3. The van der Waals surface area contributed by atoms with E-state index in [1.165, 1.54) is 19.3 Å². The highest BCUT2D eigenvalue weighted by Crippen LogP contribution is 2.44. The number of hydroxylamine groups is 2. The minimum atomic E-state index is 0.851. The topological polar surface area (TPSA) is 12.5 Å². The van der Waals surface area contributed by atoms with Crippen LogP contribution in [0.5, 0.6) is 0 Å². The fraction of sp³-hybridized carbons (Fsp3) is 0.667. The molecular formula is C12H19NO. The molecule has 2 bridgehead atoms. The van der Waals surface area contributed by atoms with Gasteiger partial charge in [-0.05, 0) is 43.1 Å². The van der Waals surface area contributed by atoms with Gasteiger partial charge in [0.1, 0.15) is 6.26 Å². The fourth-order valence-electron chi connectivity index (χ4n) is 2.56. The zero-order chi connectivity index (χ0) is 9.97. The van der Waals surface area contributed by atoms with E-state index in [9.17, 15) is 0 Å². The van der Waals surface area contributed by atoms with Crippen LogP contribution in [-0.2, 0) is 4.84 Å². The Morgan fingerprint density at radius 2 is 2.21 bits per heavy atom. The maximum atomic E-state index is 5.22. The first kappa shape index (κ1) is 9.78. The molecule has 2 rings (SSSR count). The van der Waals surface area contributed by atoms with Gasteiger partial charge in [0.15, 0.2) is 0 Å². The van der Waals surface area contributed by atoms with E-state index in [2.05, 4.69) is 18.2 Å². The molecule has 2 aliphatic rings. The van der Waals surface area contributed by atoms with E-state index < -0.39 is 0 Å². The number of hydrogen-bond donors (Lipinski definition) is 0. The number of nitrogens with zero attached hydrogens (tertiary/aromatic N) is 1. The van der Waals surface area contributed by atoms with Crippen molar-refractivity contribution in [3.05, 3.63) is 24.5 Å². The van der Waals surface area contributed by atoms with E-state index in [0.717, 1.165) is 17.8 Å². The molecule has 0 N–H and O–H groups in total. The smallest absolute Gasteiger partial charge is 0.107 e. The second kappa shape index (κ2) is 4.18. The summed E-state index contributed by atoms with van der Waals surface area (Å²) in [5, 5.41) is 1.71. The molecule has 3 atom stereocenters. The quantitative estimate of drug-likeness (QED) is 0.386. The van der Waals surface area contributed by atoms with Gasteiger partial charge in [0, 0.05) is 14.1 Å². The Labute approximate surface area is 86.2 Å². The van der Waals surface area contributed by atoms with Gasteiger partial charge >= 0.3 is 0 Å². The van der Waals surface area contributed by atoms with Gasteiger partial charge < -0.3 is 4.84 Å². The van der Waals surface area contributed by atoms with Crippen LogP contribution in [0.15, 0.2) is 24.5 Å². The summed E-state index contributed by atoms with van der Waals surface area (Å²) in [5.74, 6) is 2.60. The number of hydrogen-bond acceptors (Lipinski definition) is 2. The summed E-state index contributed by atoms with van der Waals surface area (Å²) in [7, 11) is 3.79. The monoisotopic (exact) mass is 193 g/mol. The second-order valence-corrected chi connectivity index (χ2v) is 4.57. The summed E-state index contributed by atoms with van der Waals surface area (Å²) in [4.78, 5) is 5.22. The van der Waals surface area contributed by atoms with Crippen molar-refractivity contribution in [1.82, 2.24) is 5.06 Å². The Kier molecular flexibility index (Phi) is 2.92. The van der Waals surface area contributed by atoms with E-state index in [-0.39, 0.29) is 0 Å². The van der Waals surface area contributed by atoms with Gasteiger partial charge in [0.25, 0.3) is 0 Å². The second-order valence-electron chi connectivity index (χ2n) is 4.57. The van der Waals surface area contributed by atoms with Gasteiger partial charge in [-0.1, -0.05) is 12.2 Å². The average Bonchev–Trinajstić information content (AvgIpc) is 2.73. The summed E-state index contributed by atoms with van der Waals surface area (Å²) in [6, 6.07) is 0. The molecule has 0 aromatic heterocycles. The summed E-state index contributed by atoms with van der Waals surface area (Å²) in [6.07, 6.45) is 12.7. The molecule has 0 amide bonds. The lowest BCUT2D eigenvalue weighted by molar-refractivity contribution is -0.0542. The Morgan fingerprint density at radius 1 is 1.36 bits per heavy atom. The molecule has 78 valence electrons. The van der Waals surface area contributed by atoms with E-state index in [4.69, 9.17) is 4.84 Å². The third kappa shape index (κ3) is 2.18. The average molecular weight is 193 g/mol. The van der Waals surface area contributed by atoms with Crippen LogP contribution in [0.25, 0.3) is 0 Å². The summed E-state index contributed by atoms with van der Waals surface area (Å²) in [6.45, 7) is 0. The van der Waals surface area contributed by atoms with Crippen molar-refractivity contribution in [2.45, 2.75) is 19.3 Å². The van der Waals surface area contributed by atoms with Gasteiger partial charge in [-0.15, -0.1) is 0 Å². The zero-order valence-corrected chi connectivity index (χ0v) is 9.02. The van der Waals surface area contributed by atoms with Crippen LogP contribution in [0.1, 0.15) is 19.3 Å². The van der Waals surface area contributed by atoms with Crippen molar-refractivity contribution in [2.24, 2.45) is 17.8 Å². The van der Waals surface area contributed by atoms with E-state index in [1.54, 1.807) is 11.3 Å². The summed E-state index contributed by atoms with van der Waals surface area (Å²) in [5.41, 5.74) is 0. The molecule has 0 saturated heterocycles. The first-order chi connectivity index (χ1) is 6.75. The zero-order valence-electron chi connectivity index (χ0n) is 9.02. The molecule has 2 heteroatoms.